The molecule has 0 saturated carbocycles. The minimum Gasteiger partial charge on any atom is -0.449 e. The highest BCUT2D eigenvalue weighted by atomic mass is 79.9. The summed E-state index contributed by atoms with van der Waals surface area (Å²) in [4.78, 5) is 14.7. The monoisotopic (exact) mass is 371 g/mol. The van der Waals surface area contributed by atoms with Crippen molar-refractivity contribution in [2.75, 3.05) is 6.54 Å². The zero-order valence-electron chi connectivity index (χ0n) is 12.8. The lowest BCUT2D eigenvalue weighted by Gasteiger charge is -2.38. The number of benzene rings is 1. The van der Waals surface area contributed by atoms with E-state index in [2.05, 4.69) is 51.2 Å². The first kappa shape index (κ1) is 14.0. The number of carbonyl (C=O) groups is 1. The van der Waals surface area contributed by atoms with Crippen molar-refractivity contribution < 1.29 is 9.53 Å². The number of halogens is 1. The van der Waals surface area contributed by atoms with Crippen LogP contribution in [0.2, 0.25) is 0 Å². The average molecular weight is 372 g/mol. The van der Waals surface area contributed by atoms with Gasteiger partial charge in [-0.3, -0.25) is 4.90 Å². The predicted octanol–water partition coefficient (Wildman–Crippen LogP) is 3.69. The lowest BCUT2D eigenvalue weighted by atomic mass is 9.75. The van der Waals surface area contributed by atoms with Gasteiger partial charge in [-0.1, -0.05) is 40.6 Å². The molecule has 3 atom stereocenters. The standard InChI is InChI=1S/C19H18BrNO2/c20-13-6-4-12(5-7-13)15-9-14-11-19(16(15)10-18(22)23-19)17-3-1-2-8-21(14)17/h4-7,9-10,14,17H,1-3,8,11H2/t14-,17-,19+/m1/s1. The highest BCUT2D eigenvalue weighted by Crippen LogP contribution is 2.55. The Morgan fingerprint density at radius 3 is 2.87 bits per heavy atom. The van der Waals surface area contributed by atoms with Gasteiger partial charge in [0, 0.05) is 28.6 Å². The Bertz CT molecular complexity index is 751. The first-order valence-corrected chi connectivity index (χ1v) is 9.16. The Balaban J connectivity index is 1.67. The van der Waals surface area contributed by atoms with Crippen LogP contribution < -0.4 is 0 Å². The lowest BCUT2D eigenvalue weighted by molar-refractivity contribution is -0.148. The molecule has 0 aromatic heterocycles. The van der Waals surface area contributed by atoms with Crippen molar-refractivity contribution in [2.45, 2.75) is 43.4 Å². The van der Waals surface area contributed by atoms with E-state index in [1.54, 1.807) is 6.08 Å². The lowest BCUT2D eigenvalue weighted by Crippen LogP contribution is -2.48. The molecule has 1 aliphatic carbocycles. The SMILES string of the molecule is O=C1C=C2C(c3ccc(Br)cc3)=C[C@@H]3C[C@@]2(O1)[C@H]1CCCCN31. The second kappa shape index (κ2) is 4.81. The second-order valence-corrected chi connectivity index (χ2v) is 7.89. The molecule has 2 saturated heterocycles. The summed E-state index contributed by atoms with van der Waals surface area (Å²) < 4.78 is 7.04. The van der Waals surface area contributed by atoms with Gasteiger partial charge in [0.2, 0.25) is 0 Å². The van der Waals surface area contributed by atoms with E-state index in [1.807, 2.05) is 0 Å². The molecule has 1 aromatic carbocycles. The summed E-state index contributed by atoms with van der Waals surface area (Å²) in [5.41, 5.74) is 3.07. The third-order valence-corrected chi connectivity index (χ3v) is 6.35. The van der Waals surface area contributed by atoms with Crippen molar-refractivity contribution in [3.8, 4) is 0 Å². The van der Waals surface area contributed by atoms with E-state index in [4.69, 9.17) is 4.74 Å². The number of carbonyl (C=O) groups excluding carboxylic acids is 1. The van der Waals surface area contributed by atoms with Crippen LogP contribution in [0.4, 0.5) is 0 Å². The number of hydrogen-bond acceptors (Lipinski definition) is 3. The maximum absolute atomic E-state index is 12.1. The molecule has 0 radical (unpaired) electrons. The number of hydrogen-bond donors (Lipinski definition) is 0. The molecule has 3 nitrogen and oxygen atoms in total. The molecule has 3 heterocycles. The van der Waals surface area contributed by atoms with Gasteiger partial charge in [-0.25, -0.2) is 4.79 Å². The molecule has 0 unspecified atom stereocenters. The van der Waals surface area contributed by atoms with E-state index in [1.165, 1.54) is 24.0 Å². The second-order valence-electron chi connectivity index (χ2n) is 6.98. The Hall–Kier alpha value is -1.39. The van der Waals surface area contributed by atoms with Crippen LogP contribution in [0.3, 0.4) is 0 Å². The highest BCUT2D eigenvalue weighted by Gasteiger charge is 2.61. The van der Waals surface area contributed by atoms with Crippen LogP contribution in [0.1, 0.15) is 31.2 Å². The molecule has 1 spiro atoms. The molecule has 0 amide bonds. The van der Waals surface area contributed by atoms with Crippen molar-refractivity contribution in [1.82, 2.24) is 4.90 Å². The summed E-state index contributed by atoms with van der Waals surface area (Å²) in [6.07, 6.45) is 8.63. The minimum absolute atomic E-state index is 0.170. The quantitative estimate of drug-likeness (QED) is 0.705. The normalized spacial score (nSPS) is 35.3. The fraction of sp³-hybridized carbons (Fsp3) is 0.421. The molecule has 4 aliphatic rings. The van der Waals surface area contributed by atoms with Crippen molar-refractivity contribution in [1.29, 1.82) is 0 Å². The number of rotatable bonds is 1. The van der Waals surface area contributed by atoms with Gasteiger partial charge < -0.3 is 4.74 Å². The molecular formula is C19H18BrNO2. The summed E-state index contributed by atoms with van der Waals surface area (Å²) in [5.74, 6) is -0.170. The zero-order valence-corrected chi connectivity index (χ0v) is 14.4. The van der Waals surface area contributed by atoms with Crippen LogP contribution in [0.15, 0.2) is 46.5 Å². The molecule has 3 aliphatic heterocycles. The fourth-order valence-corrected chi connectivity index (χ4v) is 5.21. The Labute approximate surface area is 144 Å². The highest BCUT2D eigenvalue weighted by molar-refractivity contribution is 9.10. The molecular weight excluding hydrogens is 354 g/mol. The average Bonchev–Trinajstić information content (AvgIpc) is 3.04. The third kappa shape index (κ3) is 1.88. The van der Waals surface area contributed by atoms with Gasteiger partial charge in [-0.2, -0.15) is 0 Å². The van der Waals surface area contributed by atoms with Crippen molar-refractivity contribution >= 4 is 27.5 Å². The maximum Gasteiger partial charge on any atom is 0.332 e. The predicted molar refractivity (Wildman–Crippen MR) is 91.8 cm³/mol. The smallest absolute Gasteiger partial charge is 0.332 e. The Morgan fingerprint density at radius 2 is 2.04 bits per heavy atom. The van der Waals surface area contributed by atoms with Crippen molar-refractivity contribution in [3.05, 3.63) is 52.0 Å². The molecule has 0 N–H and O–H groups in total. The van der Waals surface area contributed by atoms with Gasteiger partial charge in [-0.05, 0) is 42.7 Å². The van der Waals surface area contributed by atoms with Crippen LogP contribution >= 0.6 is 15.9 Å². The molecule has 118 valence electrons. The molecule has 1 aromatic rings. The number of fused-ring (bicyclic) bond motifs is 3. The van der Waals surface area contributed by atoms with Gasteiger partial charge in [0.1, 0.15) is 0 Å². The Morgan fingerprint density at radius 1 is 1.22 bits per heavy atom. The fourth-order valence-electron chi connectivity index (χ4n) is 4.94. The largest absolute Gasteiger partial charge is 0.449 e. The molecule has 2 bridgehead atoms. The third-order valence-electron chi connectivity index (χ3n) is 5.83. The van der Waals surface area contributed by atoms with Crippen LogP contribution in [0.5, 0.6) is 0 Å². The summed E-state index contributed by atoms with van der Waals surface area (Å²) in [6, 6.07) is 9.11. The van der Waals surface area contributed by atoms with Gasteiger partial charge in [0.05, 0.1) is 6.04 Å². The first-order chi connectivity index (χ1) is 11.2. The van der Waals surface area contributed by atoms with Crippen LogP contribution in [0, 0.1) is 0 Å². The number of ether oxygens (including phenoxy) is 1. The van der Waals surface area contributed by atoms with E-state index < -0.39 is 5.60 Å². The van der Waals surface area contributed by atoms with Crippen molar-refractivity contribution in [3.63, 3.8) is 0 Å². The minimum atomic E-state index is -0.403. The zero-order chi connectivity index (χ0) is 15.6. The topological polar surface area (TPSA) is 29.5 Å². The van der Waals surface area contributed by atoms with E-state index in [-0.39, 0.29) is 5.97 Å². The summed E-state index contributed by atoms with van der Waals surface area (Å²) in [5, 5.41) is 0. The number of esters is 1. The first-order valence-electron chi connectivity index (χ1n) is 8.36. The summed E-state index contributed by atoms with van der Waals surface area (Å²) >= 11 is 3.50. The number of nitrogens with zero attached hydrogens (tertiary/aromatic N) is 1. The molecule has 2 fully saturated rings. The maximum atomic E-state index is 12.1. The van der Waals surface area contributed by atoms with Gasteiger partial charge in [0.25, 0.3) is 0 Å². The summed E-state index contributed by atoms with van der Waals surface area (Å²) in [6.45, 7) is 1.12. The van der Waals surface area contributed by atoms with Gasteiger partial charge in [0.15, 0.2) is 5.60 Å². The van der Waals surface area contributed by atoms with Crippen LogP contribution in [0.25, 0.3) is 5.57 Å². The van der Waals surface area contributed by atoms with E-state index in [9.17, 15) is 4.79 Å². The molecule has 23 heavy (non-hydrogen) atoms. The van der Waals surface area contributed by atoms with Gasteiger partial charge >= 0.3 is 5.97 Å². The summed E-state index contributed by atoms with van der Waals surface area (Å²) in [7, 11) is 0. The van der Waals surface area contributed by atoms with E-state index in [0.717, 1.165) is 29.4 Å². The molecule has 5 rings (SSSR count). The molecule has 4 heteroatoms. The van der Waals surface area contributed by atoms with Gasteiger partial charge in [-0.15, -0.1) is 0 Å². The van der Waals surface area contributed by atoms with E-state index in [0.29, 0.717) is 12.1 Å². The number of piperidine rings is 1. The van der Waals surface area contributed by atoms with E-state index >= 15 is 0 Å². The van der Waals surface area contributed by atoms with Crippen LogP contribution in [-0.4, -0.2) is 35.1 Å². The van der Waals surface area contributed by atoms with Crippen molar-refractivity contribution in [2.24, 2.45) is 0 Å². The Kier molecular flexibility index (Phi) is 2.92. The van der Waals surface area contributed by atoms with Crippen LogP contribution in [-0.2, 0) is 9.53 Å².